The first-order valence-electron chi connectivity index (χ1n) is 8.25. The quantitative estimate of drug-likeness (QED) is 0.702. The second kappa shape index (κ2) is 7.25. The second-order valence-electron chi connectivity index (χ2n) is 6.30. The number of benzene rings is 2. The van der Waals surface area contributed by atoms with Gasteiger partial charge >= 0.3 is 0 Å². The predicted octanol–water partition coefficient (Wildman–Crippen LogP) is 3.39. The van der Waals surface area contributed by atoms with Crippen molar-refractivity contribution >= 4 is 32.6 Å². The summed E-state index contributed by atoms with van der Waals surface area (Å²) in [6.45, 7) is 1.65. The number of furan rings is 1. The van der Waals surface area contributed by atoms with E-state index in [2.05, 4.69) is 5.32 Å². The Balaban J connectivity index is 1.98. The van der Waals surface area contributed by atoms with E-state index in [9.17, 15) is 17.6 Å². The van der Waals surface area contributed by atoms with Crippen LogP contribution in [0, 0.1) is 12.7 Å². The van der Waals surface area contributed by atoms with Gasteiger partial charge in [-0.1, -0.05) is 0 Å². The molecule has 0 aliphatic rings. The van der Waals surface area contributed by atoms with Crippen LogP contribution in [-0.2, 0) is 10.0 Å². The van der Waals surface area contributed by atoms with Crippen LogP contribution in [0.15, 0.2) is 45.7 Å². The van der Waals surface area contributed by atoms with Gasteiger partial charge in [0.25, 0.3) is 5.91 Å². The van der Waals surface area contributed by atoms with E-state index in [1.807, 2.05) is 0 Å². The summed E-state index contributed by atoms with van der Waals surface area (Å²) in [6, 6.07) is 8.26. The van der Waals surface area contributed by atoms with Crippen molar-refractivity contribution in [1.82, 2.24) is 4.31 Å². The summed E-state index contributed by atoms with van der Waals surface area (Å²) in [5.74, 6) is -0.833. The normalized spacial score (nSPS) is 11.8. The van der Waals surface area contributed by atoms with E-state index in [-0.39, 0.29) is 22.1 Å². The number of nitrogens with zero attached hydrogens (tertiary/aromatic N) is 1. The van der Waals surface area contributed by atoms with Crippen LogP contribution in [0.4, 0.5) is 10.1 Å². The monoisotopic (exact) mass is 406 g/mol. The van der Waals surface area contributed by atoms with Crippen molar-refractivity contribution in [3.8, 4) is 5.75 Å². The first-order chi connectivity index (χ1) is 13.1. The van der Waals surface area contributed by atoms with Crippen LogP contribution < -0.4 is 10.1 Å². The Morgan fingerprint density at radius 2 is 1.89 bits per heavy atom. The predicted molar refractivity (Wildman–Crippen MR) is 103 cm³/mol. The molecule has 148 valence electrons. The minimum atomic E-state index is -3.78. The number of anilines is 1. The number of amides is 1. The molecule has 0 aliphatic carbocycles. The standard InChI is InChI=1S/C19H19FN2O5S/c1-11-14-9-12(20)5-7-15(14)27-18(11)19(23)21-13-6-8-16(26-4)17(10-13)28(24,25)22(2)3/h5-10H,1-4H3,(H,21,23). The molecule has 0 saturated carbocycles. The number of rotatable bonds is 5. The SMILES string of the molecule is COc1ccc(NC(=O)c2oc3ccc(F)cc3c2C)cc1S(=O)(=O)N(C)C. The maximum atomic E-state index is 13.5. The molecule has 0 unspecified atom stereocenters. The van der Waals surface area contributed by atoms with E-state index < -0.39 is 21.7 Å². The lowest BCUT2D eigenvalue weighted by Crippen LogP contribution is -2.23. The molecule has 1 N–H and O–H groups in total. The molecule has 0 atom stereocenters. The van der Waals surface area contributed by atoms with Crippen molar-refractivity contribution in [3.63, 3.8) is 0 Å². The molecule has 0 spiro atoms. The zero-order chi connectivity index (χ0) is 20.6. The second-order valence-corrected chi connectivity index (χ2v) is 8.42. The van der Waals surface area contributed by atoms with Crippen molar-refractivity contribution in [3.05, 3.63) is 53.5 Å². The first kappa shape index (κ1) is 19.8. The molecule has 0 fully saturated rings. The van der Waals surface area contributed by atoms with E-state index in [1.54, 1.807) is 6.92 Å². The van der Waals surface area contributed by atoms with Gasteiger partial charge in [-0.05, 0) is 43.3 Å². The Morgan fingerprint density at radius 3 is 2.54 bits per heavy atom. The number of sulfonamides is 1. The van der Waals surface area contributed by atoms with Gasteiger partial charge < -0.3 is 14.5 Å². The van der Waals surface area contributed by atoms with Gasteiger partial charge in [0.15, 0.2) is 5.76 Å². The summed E-state index contributed by atoms with van der Waals surface area (Å²) in [7, 11) is 0.376. The van der Waals surface area contributed by atoms with Crippen molar-refractivity contribution in [1.29, 1.82) is 0 Å². The van der Waals surface area contributed by atoms with Crippen LogP contribution in [0.3, 0.4) is 0 Å². The lowest BCUT2D eigenvalue weighted by atomic mass is 10.1. The van der Waals surface area contributed by atoms with Gasteiger partial charge in [-0.3, -0.25) is 4.79 Å². The molecular formula is C19H19FN2O5S. The summed E-state index contributed by atoms with van der Waals surface area (Å²) in [6.07, 6.45) is 0. The molecule has 28 heavy (non-hydrogen) atoms. The van der Waals surface area contributed by atoms with Crippen LogP contribution in [0.1, 0.15) is 16.1 Å². The number of halogens is 1. The lowest BCUT2D eigenvalue weighted by Gasteiger charge is -2.15. The highest BCUT2D eigenvalue weighted by molar-refractivity contribution is 7.89. The molecule has 3 aromatic rings. The number of hydrogen-bond acceptors (Lipinski definition) is 5. The van der Waals surface area contributed by atoms with Crippen LogP contribution in [0.2, 0.25) is 0 Å². The zero-order valence-electron chi connectivity index (χ0n) is 15.7. The highest BCUT2D eigenvalue weighted by atomic mass is 32.2. The van der Waals surface area contributed by atoms with Gasteiger partial charge in [0.1, 0.15) is 22.0 Å². The maximum Gasteiger partial charge on any atom is 0.291 e. The Labute approximate surface area is 161 Å². The van der Waals surface area contributed by atoms with Gasteiger partial charge in [0.2, 0.25) is 10.0 Å². The third-order valence-electron chi connectivity index (χ3n) is 4.28. The molecule has 1 heterocycles. The minimum Gasteiger partial charge on any atom is -0.495 e. The number of fused-ring (bicyclic) bond motifs is 1. The van der Waals surface area contributed by atoms with Gasteiger partial charge in [0.05, 0.1) is 7.11 Å². The van der Waals surface area contributed by atoms with E-state index in [0.29, 0.717) is 16.5 Å². The van der Waals surface area contributed by atoms with Crippen LogP contribution in [0.5, 0.6) is 5.75 Å². The lowest BCUT2D eigenvalue weighted by molar-refractivity contribution is 0.0998. The maximum absolute atomic E-state index is 13.5. The number of aryl methyl sites for hydroxylation is 1. The molecule has 9 heteroatoms. The van der Waals surface area contributed by atoms with Gasteiger partial charge in [0, 0.05) is 30.7 Å². The zero-order valence-corrected chi connectivity index (χ0v) is 16.6. The topological polar surface area (TPSA) is 88.8 Å². The summed E-state index contributed by atoms with van der Waals surface area (Å²) < 4.78 is 50.2. The smallest absolute Gasteiger partial charge is 0.291 e. The van der Waals surface area contributed by atoms with Crippen molar-refractivity contribution in [2.24, 2.45) is 0 Å². The van der Waals surface area contributed by atoms with Crippen LogP contribution in [-0.4, -0.2) is 39.8 Å². The van der Waals surface area contributed by atoms with E-state index >= 15 is 0 Å². The molecule has 2 aromatic carbocycles. The number of nitrogens with one attached hydrogen (secondary N) is 1. The fourth-order valence-corrected chi connectivity index (χ4v) is 3.83. The Kier molecular flexibility index (Phi) is 5.14. The minimum absolute atomic E-state index is 0.0217. The first-order valence-corrected chi connectivity index (χ1v) is 9.69. The van der Waals surface area contributed by atoms with Gasteiger partial charge in [-0.2, -0.15) is 0 Å². The van der Waals surface area contributed by atoms with Gasteiger partial charge in [-0.15, -0.1) is 0 Å². The average molecular weight is 406 g/mol. The fraction of sp³-hybridized carbons (Fsp3) is 0.211. The van der Waals surface area contributed by atoms with Crippen molar-refractivity contribution in [2.45, 2.75) is 11.8 Å². The van der Waals surface area contributed by atoms with E-state index in [4.69, 9.17) is 9.15 Å². The molecule has 0 bridgehead atoms. The third-order valence-corrected chi connectivity index (χ3v) is 6.12. The number of carbonyl (C=O) groups excluding carboxylic acids is 1. The van der Waals surface area contributed by atoms with Crippen molar-refractivity contribution in [2.75, 3.05) is 26.5 Å². The molecule has 3 rings (SSSR count). The number of methoxy groups -OCH3 is 1. The van der Waals surface area contributed by atoms with Crippen LogP contribution in [0.25, 0.3) is 11.0 Å². The largest absolute Gasteiger partial charge is 0.495 e. The van der Waals surface area contributed by atoms with E-state index in [1.165, 1.54) is 57.6 Å². The Morgan fingerprint density at radius 1 is 1.18 bits per heavy atom. The molecule has 1 amide bonds. The summed E-state index contributed by atoms with van der Waals surface area (Å²) in [5, 5.41) is 3.11. The number of carbonyl (C=O) groups is 1. The summed E-state index contributed by atoms with van der Waals surface area (Å²) >= 11 is 0. The third kappa shape index (κ3) is 3.46. The summed E-state index contributed by atoms with van der Waals surface area (Å²) in [5.41, 5.74) is 1.12. The van der Waals surface area contributed by atoms with Gasteiger partial charge in [-0.25, -0.2) is 17.1 Å². The summed E-state index contributed by atoms with van der Waals surface area (Å²) in [4.78, 5) is 12.6. The highest BCUT2D eigenvalue weighted by Gasteiger charge is 2.24. The molecule has 0 aliphatic heterocycles. The molecular weight excluding hydrogens is 387 g/mol. The highest BCUT2D eigenvalue weighted by Crippen LogP contribution is 2.30. The fourth-order valence-electron chi connectivity index (χ4n) is 2.75. The number of ether oxygens (including phenoxy) is 1. The molecule has 1 aromatic heterocycles. The van der Waals surface area contributed by atoms with Crippen molar-refractivity contribution < 1.29 is 26.8 Å². The molecule has 0 radical (unpaired) electrons. The Bertz CT molecular complexity index is 1170. The Hall–Kier alpha value is -2.91. The molecule has 0 saturated heterocycles. The van der Waals surface area contributed by atoms with Crippen LogP contribution >= 0.6 is 0 Å². The number of hydrogen-bond donors (Lipinski definition) is 1. The molecule has 7 nitrogen and oxygen atoms in total. The van der Waals surface area contributed by atoms with E-state index in [0.717, 1.165) is 4.31 Å². The average Bonchev–Trinajstić information content (AvgIpc) is 2.98.